The molecule has 20 heavy (non-hydrogen) atoms. The molecule has 0 spiro atoms. The topological polar surface area (TPSA) is 31.2 Å². The van der Waals surface area contributed by atoms with Crippen LogP contribution in [-0.4, -0.2) is 17.1 Å². The maximum absolute atomic E-state index is 12.0. The summed E-state index contributed by atoms with van der Waals surface area (Å²) in [7, 11) is 0. The van der Waals surface area contributed by atoms with E-state index < -0.39 is 0 Å². The molecule has 0 saturated heterocycles. The molecule has 0 bridgehead atoms. The van der Waals surface area contributed by atoms with Gasteiger partial charge in [-0.3, -0.25) is 0 Å². The Kier molecular flexibility index (Phi) is 4.73. The highest BCUT2D eigenvalue weighted by molar-refractivity contribution is 6.35. The van der Waals surface area contributed by atoms with Crippen molar-refractivity contribution in [3.05, 3.63) is 57.3 Å². The Hall–Kier alpha value is -1.45. The van der Waals surface area contributed by atoms with Crippen molar-refractivity contribution in [1.82, 2.24) is 4.57 Å². The predicted molar refractivity (Wildman–Crippen MR) is 80.7 cm³/mol. The second-order valence-electron chi connectivity index (χ2n) is 4.43. The largest absolute Gasteiger partial charge is 0.461 e. The zero-order valence-electron chi connectivity index (χ0n) is 11.3. The fourth-order valence-corrected chi connectivity index (χ4v) is 2.49. The van der Waals surface area contributed by atoms with Gasteiger partial charge in [0.1, 0.15) is 5.69 Å². The number of hydrogen-bond donors (Lipinski definition) is 0. The summed E-state index contributed by atoms with van der Waals surface area (Å²) in [5.74, 6) is -0.319. The molecule has 5 heteroatoms. The zero-order chi connectivity index (χ0) is 14.7. The molecule has 0 radical (unpaired) electrons. The fraction of sp³-hybridized carbons (Fsp3) is 0.267. The van der Waals surface area contributed by atoms with Crippen LogP contribution in [0.5, 0.6) is 0 Å². The van der Waals surface area contributed by atoms with Crippen LogP contribution in [0.1, 0.15) is 28.5 Å². The Balaban J connectivity index is 2.32. The molecule has 0 aliphatic carbocycles. The van der Waals surface area contributed by atoms with Crippen molar-refractivity contribution in [3.63, 3.8) is 0 Å². The number of hydrogen-bond acceptors (Lipinski definition) is 2. The van der Waals surface area contributed by atoms with Gasteiger partial charge in [0, 0.05) is 22.8 Å². The summed E-state index contributed by atoms with van der Waals surface area (Å²) in [6.07, 6.45) is 1.85. The van der Waals surface area contributed by atoms with E-state index in [1.807, 2.05) is 29.8 Å². The minimum absolute atomic E-state index is 0.319. The highest BCUT2D eigenvalue weighted by atomic mass is 35.5. The number of benzene rings is 1. The molecule has 3 nitrogen and oxygen atoms in total. The summed E-state index contributed by atoms with van der Waals surface area (Å²) in [5, 5.41) is 1.17. The second-order valence-corrected chi connectivity index (χ2v) is 5.28. The third-order valence-corrected chi connectivity index (χ3v) is 3.58. The van der Waals surface area contributed by atoms with Crippen LogP contribution in [0.25, 0.3) is 0 Å². The van der Waals surface area contributed by atoms with Crippen molar-refractivity contribution < 1.29 is 9.53 Å². The zero-order valence-corrected chi connectivity index (χ0v) is 12.8. The van der Waals surface area contributed by atoms with Crippen LogP contribution in [0.3, 0.4) is 0 Å². The van der Waals surface area contributed by atoms with E-state index in [1.54, 1.807) is 19.1 Å². The lowest BCUT2D eigenvalue weighted by Crippen LogP contribution is -2.13. The lowest BCUT2D eigenvalue weighted by molar-refractivity contribution is 0.0513. The average Bonchev–Trinajstić information content (AvgIpc) is 2.74. The minimum atomic E-state index is -0.319. The van der Waals surface area contributed by atoms with Crippen LogP contribution in [-0.2, 0) is 11.3 Å². The summed E-state index contributed by atoms with van der Waals surface area (Å²) in [5.41, 5.74) is 2.34. The summed E-state index contributed by atoms with van der Waals surface area (Å²) in [6, 6.07) is 7.22. The smallest absolute Gasteiger partial charge is 0.355 e. The summed E-state index contributed by atoms with van der Waals surface area (Å²) in [4.78, 5) is 12.0. The summed E-state index contributed by atoms with van der Waals surface area (Å²) >= 11 is 12.0. The Morgan fingerprint density at radius 2 is 2.05 bits per heavy atom. The molecular formula is C15H15Cl2NO2. The van der Waals surface area contributed by atoms with Crippen molar-refractivity contribution >= 4 is 29.2 Å². The molecule has 0 saturated carbocycles. The predicted octanol–water partition coefficient (Wildman–Crippen LogP) is 4.33. The molecule has 106 valence electrons. The van der Waals surface area contributed by atoms with Crippen molar-refractivity contribution in [3.8, 4) is 0 Å². The van der Waals surface area contributed by atoms with Crippen molar-refractivity contribution in [1.29, 1.82) is 0 Å². The molecule has 0 aliphatic rings. The molecule has 2 aromatic rings. The lowest BCUT2D eigenvalue weighted by atomic mass is 10.2. The number of rotatable bonds is 4. The van der Waals surface area contributed by atoms with Crippen LogP contribution >= 0.6 is 23.2 Å². The van der Waals surface area contributed by atoms with Crippen molar-refractivity contribution in [2.75, 3.05) is 6.61 Å². The minimum Gasteiger partial charge on any atom is -0.461 e. The van der Waals surface area contributed by atoms with E-state index in [9.17, 15) is 4.79 Å². The number of nitrogens with zero attached hydrogens (tertiary/aromatic N) is 1. The Morgan fingerprint density at radius 3 is 2.70 bits per heavy atom. The Labute approximate surface area is 128 Å². The molecule has 1 aromatic heterocycles. The van der Waals surface area contributed by atoms with Gasteiger partial charge >= 0.3 is 5.97 Å². The summed E-state index contributed by atoms with van der Waals surface area (Å²) in [6.45, 7) is 4.52. The van der Waals surface area contributed by atoms with Crippen molar-refractivity contribution in [2.24, 2.45) is 0 Å². The number of carbonyl (C=O) groups excluding carboxylic acids is 1. The van der Waals surface area contributed by atoms with Crippen LogP contribution in [0.2, 0.25) is 10.0 Å². The van der Waals surface area contributed by atoms with Gasteiger partial charge in [0.15, 0.2) is 0 Å². The number of esters is 1. The van der Waals surface area contributed by atoms with Gasteiger partial charge in [-0.15, -0.1) is 0 Å². The molecule has 0 fully saturated rings. The highest BCUT2D eigenvalue weighted by Crippen LogP contribution is 2.23. The summed E-state index contributed by atoms with van der Waals surface area (Å²) < 4.78 is 6.92. The van der Waals surface area contributed by atoms with Gasteiger partial charge in [-0.25, -0.2) is 4.79 Å². The van der Waals surface area contributed by atoms with E-state index in [4.69, 9.17) is 27.9 Å². The maximum atomic E-state index is 12.0. The number of aromatic nitrogens is 1. The molecular weight excluding hydrogens is 297 g/mol. The van der Waals surface area contributed by atoms with Gasteiger partial charge in [0.25, 0.3) is 0 Å². The molecule has 0 atom stereocenters. The molecule has 0 N–H and O–H groups in total. The molecule has 0 aliphatic heterocycles. The first-order valence-electron chi connectivity index (χ1n) is 6.29. The van der Waals surface area contributed by atoms with Gasteiger partial charge in [-0.2, -0.15) is 0 Å². The van der Waals surface area contributed by atoms with Crippen LogP contribution in [0.15, 0.2) is 30.5 Å². The van der Waals surface area contributed by atoms with Gasteiger partial charge < -0.3 is 9.30 Å². The monoisotopic (exact) mass is 311 g/mol. The van der Waals surface area contributed by atoms with Gasteiger partial charge in [-0.1, -0.05) is 29.3 Å². The van der Waals surface area contributed by atoms with E-state index in [0.29, 0.717) is 28.9 Å². The SMILES string of the molecule is CCOC(=O)c1c(C)ccn1Cc1ccc(Cl)cc1Cl. The number of halogens is 2. The average molecular weight is 312 g/mol. The van der Waals surface area contributed by atoms with Gasteiger partial charge in [-0.05, 0) is 43.2 Å². The molecule has 0 unspecified atom stereocenters. The van der Waals surface area contributed by atoms with E-state index in [2.05, 4.69) is 0 Å². The number of carbonyl (C=O) groups is 1. The van der Waals surface area contributed by atoms with E-state index in [0.717, 1.165) is 11.1 Å². The van der Waals surface area contributed by atoms with Gasteiger partial charge in [0.2, 0.25) is 0 Å². The third kappa shape index (κ3) is 3.17. The van der Waals surface area contributed by atoms with Crippen LogP contribution in [0.4, 0.5) is 0 Å². The molecule has 0 amide bonds. The third-order valence-electron chi connectivity index (χ3n) is 2.99. The van der Waals surface area contributed by atoms with E-state index in [-0.39, 0.29) is 5.97 Å². The first-order chi connectivity index (χ1) is 9.52. The lowest BCUT2D eigenvalue weighted by Gasteiger charge is -2.11. The quantitative estimate of drug-likeness (QED) is 0.787. The van der Waals surface area contributed by atoms with E-state index in [1.165, 1.54) is 0 Å². The second kappa shape index (κ2) is 6.33. The normalized spacial score (nSPS) is 10.6. The van der Waals surface area contributed by atoms with E-state index >= 15 is 0 Å². The number of aryl methyl sites for hydroxylation is 1. The highest BCUT2D eigenvalue weighted by Gasteiger charge is 2.16. The molecule has 1 heterocycles. The standard InChI is InChI=1S/C15H15Cl2NO2/c1-3-20-15(19)14-10(2)6-7-18(14)9-11-4-5-12(16)8-13(11)17/h4-8H,3,9H2,1-2H3. The Bertz CT molecular complexity index is 635. The van der Waals surface area contributed by atoms with Gasteiger partial charge in [0.05, 0.1) is 6.61 Å². The molecule has 2 rings (SSSR count). The first-order valence-corrected chi connectivity index (χ1v) is 7.05. The van der Waals surface area contributed by atoms with Crippen LogP contribution in [0, 0.1) is 6.92 Å². The number of ether oxygens (including phenoxy) is 1. The van der Waals surface area contributed by atoms with Crippen molar-refractivity contribution in [2.45, 2.75) is 20.4 Å². The fourth-order valence-electron chi connectivity index (χ4n) is 2.02. The van der Waals surface area contributed by atoms with Crippen LogP contribution < -0.4 is 0 Å². The maximum Gasteiger partial charge on any atom is 0.355 e. The molecule has 1 aromatic carbocycles. The Morgan fingerprint density at radius 1 is 1.30 bits per heavy atom. The first kappa shape index (κ1) is 14.9.